The summed E-state index contributed by atoms with van der Waals surface area (Å²) in [5, 5.41) is 8.16. The lowest BCUT2D eigenvalue weighted by Gasteiger charge is -2.31. The van der Waals surface area contributed by atoms with E-state index in [9.17, 15) is 9.59 Å². The van der Waals surface area contributed by atoms with E-state index in [-0.39, 0.29) is 23.8 Å². The fraction of sp³-hybridized carbons (Fsp3) is 0.400. The molecule has 0 spiro atoms. The van der Waals surface area contributed by atoms with Gasteiger partial charge in [-0.3, -0.25) is 9.59 Å². The Labute approximate surface area is 162 Å². The molecule has 8 heteroatoms. The number of aromatic nitrogens is 3. The van der Waals surface area contributed by atoms with Crippen molar-refractivity contribution in [1.29, 1.82) is 0 Å². The molecule has 0 aromatic carbocycles. The highest BCUT2D eigenvalue weighted by Gasteiger charge is 2.30. The van der Waals surface area contributed by atoms with Crippen LogP contribution < -0.4 is 5.32 Å². The molecule has 0 saturated carbocycles. The maximum absolute atomic E-state index is 12.8. The molecule has 4 heterocycles. The molecule has 0 aliphatic carbocycles. The first-order chi connectivity index (χ1) is 13.5. The molecule has 2 amide bonds. The molecule has 1 aliphatic rings. The molecule has 1 fully saturated rings. The summed E-state index contributed by atoms with van der Waals surface area (Å²) in [7, 11) is 0. The van der Waals surface area contributed by atoms with Crippen molar-refractivity contribution in [2.75, 3.05) is 18.4 Å². The number of hydrogen-bond donors (Lipinski definition) is 1. The Bertz CT molecular complexity index is 993. The first-order valence-corrected chi connectivity index (χ1v) is 9.50. The van der Waals surface area contributed by atoms with Crippen molar-refractivity contribution in [2.45, 2.75) is 32.7 Å². The average Bonchev–Trinajstić information content (AvgIpc) is 3.37. The number of piperidine rings is 1. The monoisotopic (exact) mass is 381 g/mol. The molecule has 0 bridgehead atoms. The summed E-state index contributed by atoms with van der Waals surface area (Å²) in [5.41, 5.74) is 1.43. The zero-order chi connectivity index (χ0) is 19.7. The summed E-state index contributed by atoms with van der Waals surface area (Å²) in [4.78, 5) is 31.4. The summed E-state index contributed by atoms with van der Waals surface area (Å²) in [5.74, 6) is -0.236. The Kier molecular flexibility index (Phi) is 4.85. The molecular weight excluding hydrogens is 358 g/mol. The molecule has 8 nitrogen and oxygen atoms in total. The maximum Gasteiger partial charge on any atom is 0.289 e. The van der Waals surface area contributed by atoms with Crippen LogP contribution in [0, 0.1) is 5.92 Å². The second kappa shape index (κ2) is 7.46. The van der Waals surface area contributed by atoms with Crippen LogP contribution in [0.3, 0.4) is 0 Å². The van der Waals surface area contributed by atoms with Crippen LogP contribution in [0.2, 0.25) is 0 Å². The Balaban J connectivity index is 1.44. The van der Waals surface area contributed by atoms with Gasteiger partial charge in [-0.05, 0) is 44.9 Å². The van der Waals surface area contributed by atoms with Gasteiger partial charge in [0.25, 0.3) is 5.91 Å². The summed E-state index contributed by atoms with van der Waals surface area (Å²) in [6, 6.07) is 5.42. The standard InChI is InChI=1S/C20H23N5O3/c1-13(2)25-18-15(10-22-25)9-16(11-21-18)23-19(26)14-5-3-7-24(12-14)20(27)17-6-4-8-28-17/h4,6,8-11,13-14H,3,5,7,12H2,1-2H3,(H,23,26). The molecule has 1 atom stereocenters. The highest BCUT2D eigenvalue weighted by Crippen LogP contribution is 2.23. The van der Waals surface area contributed by atoms with E-state index in [1.165, 1.54) is 6.26 Å². The first-order valence-electron chi connectivity index (χ1n) is 9.50. The minimum atomic E-state index is -0.262. The number of nitrogens with one attached hydrogen (secondary N) is 1. The third-order valence-corrected chi connectivity index (χ3v) is 5.00. The van der Waals surface area contributed by atoms with Gasteiger partial charge in [0.15, 0.2) is 11.4 Å². The highest BCUT2D eigenvalue weighted by atomic mass is 16.3. The van der Waals surface area contributed by atoms with Crippen molar-refractivity contribution < 1.29 is 14.0 Å². The predicted octanol–water partition coefficient (Wildman–Crippen LogP) is 3.10. The average molecular weight is 381 g/mol. The van der Waals surface area contributed by atoms with E-state index in [0.29, 0.717) is 24.5 Å². The minimum Gasteiger partial charge on any atom is -0.459 e. The lowest BCUT2D eigenvalue weighted by atomic mass is 9.97. The Hall–Kier alpha value is -3.16. The maximum atomic E-state index is 12.8. The molecule has 4 rings (SSSR count). The van der Waals surface area contributed by atoms with Crippen LogP contribution in [0.4, 0.5) is 5.69 Å². The predicted molar refractivity (Wildman–Crippen MR) is 104 cm³/mol. The van der Waals surface area contributed by atoms with Crippen molar-refractivity contribution in [3.8, 4) is 0 Å². The third-order valence-electron chi connectivity index (χ3n) is 5.00. The Morgan fingerprint density at radius 1 is 1.32 bits per heavy atom. The van der Waals surface area contributed by atoms with E-state index < -0.39 is 0 Å². The number of amides is 2. The van der Waals surface area contributed by atoms with Crippen LogP contribution in [0.1, 0.15) is 43.3 Å². The molecule has 1 N–H and O–H groups in total. The van der Waals surface area contributed by atoms with E-state index in [1.54, 1.807) is 29.4 Å². The van der Waals surface area contributed by atoms with Crippen molar-refractivity contribution >= 4 is 28.5 Å². The Morgan fingerprint density at radius 3 is 2.93 bits per heavy atom. The fourth-order valence-electron chi connectivity index (χ4n) is 3.56. The van der Waals surface area contributed by atoms with Gasteiger partial charge >= 0.3 is 0 Å². The van der Waals surface area contributed by atoms with Crippen LogP contribution in [-0.2, 0) is 4.79 Å². The fourth-order valence-corrected chi connectivity index (χ4v) is 3.56. The first kappa shape index (κ1) is 18.2. The number of anilines is 1. The number of nitrogens with zero attached hydrogens (tertiary/aromatic N) is 4. The number of carbonyl (C=O) groups excluding carboxylic acids is 2. The topological polar surface area (TPSA) is 93.3 Å². The van der Waals surface area contributed by atoms with E-state index >= 15 is 0 Å². The van der Waals surface area contributed by atoms with Crippen LogP contribution in [-0.4, -0.2) is 44.6 Å². The zero-order valence-electron chi connectivity index (χ0n) is 16.0. The number of fused-ring (bicyclic) bond motifs is 1. The largest absolute Gasteiger partial charge is 0.459 e. The molecule has 1 aliphatic heterocycles. The van der Waals surface area contributed by atoms with E-state index in [2.05, 4.69) is 15.4 Å². The third kappa shape index (κ3) is 3.49. The van der Waals surface area contributed by atoms with Crippen molar-refractivity contribution in [1.82, 2.24) is 19.7 Å². The number of rotatable bonds is 4. The molecule has 28 heavy (non-hydrogen) atoms. The van der Waals surface area contributed by atoms with E-state index in [0.717, 1.165) is 23.9 Å². The molecule has 0 radical (unpaired) electrons. The molecule has 1 unspecified atom stereocenters. The van der Waals surface area contributed by atoms with Gasteiger partial charge in [0.1, 0.15) is 0 Å². The smallest absolute Gasteiger partial charge is 0.289 e. The van der Waals surface area contributed by atoms with Crippen LogP contribution in [0.25, 0.3) is 11.0 Å². The number of hydrogen-bond acceptors (Lipinski definition) is 5. The molecule has 3 aromatic heterocycles. The number of furan rings is 1. The molecule has 3 aromatic rings. The summed E-state index contributed by atoms with van der Waals surface area (Å²) in [6.45, 7) is 5.10. The van der Waals surface area contributed by atoms with E-state index in [4.69, 9.17) is 4.42 Å². The Morgan fingerprint density at radius 2 is 2.18 bits per heavy atom. The molecular formula is C20H23N5O3. The van der Waals surface area contributed by atoms with Crippen LogP contribution in [0.15, 0.2) is 41.3 Å². The molecule has 146 valence electrons. The van der Waals surface area contributed by atoms with Gasteiger partial charge in [-0.2, -0.15) is 5.10 Å². The lowest BCUT2D eigenvalue weighted by Crippen LogP contribution is -2.43. The second-order valence-electron chi connectivity index (χ2n) is 7.38. The van der Waals surface area contributed by atoms with Crippen molar-refractivity contribution in [3.63, 3.8) is 0 Å². The summed E-state index contributed by atoms with van der Waals surface area (Å²) >= 11 is 0. The van der Waals surface area contributed by atoms with Gasteiger partial charge in [0.05, 0.1) is 30.3 Å². The van der Waals surface area contributed by atoms with Crippen LogP contribution >= 0.6 is 0 Å². The minimum absolute atomic E-state index is 0.102. The summed E-state index contributed by atoms with van der Waals surface area (Å²) < 4.78 is 7.04. The van der Waals surface area contributed by atoms with Gasteiger partial charge in [-0.15, -0.1) is 0 Å². The van der Waals surface area contributed by atoms with E-state index in [1.807, 2.05) is 24.6 Å². The lowest BCUT2D eigenvalue weighted by molar-refractivity contribution is -0.121. The normalized spacial score (nSPS) is 17.2. The SMILES string of the molecule is CC(C)n1ncc2cc(NC(=O)C3CCCN(C(=O)c4ccco4)C3)cnc21. The van der Waals surface area contributed by atoms with Gasteiger partial charge in [-0.25, -0.2) is 9.67 Å². The van der Waals surface area contributed by atoms with Gasteiger partial charge in [0, 0.05) is 24.5 Å². The quantitative estimate of drug-likeness (QED) is 0.749. The summed E-state index contributed by atoms with van der Waals surface area (Å²) in [6.07, 6.45) is 6.40. The van der Waals surface area contributed by atoms with Crippen molar-refractivity contribution in [3.05, 3.63) is 42.6 Å². The van der Waals surface area contributed by atoms with Gasteiger partial charge < -0.3 is 14.6 Å². The van der Waals surface area contributed by atoms with Gasteiger partial charge in [0.2, 0.25) is 5.91 Å². The second-order valence-corrected chi connectivity index (χ2v) is 7.38. The highest BCUT2D eigenvalue weighted by molar-refractivity contribution is 5.96. The van der Waals surface area contributed by atoms with Gasteiger partial charge in [-0.1, -0.05) is 0 Å². The zero-order valence-corrected chi connectivity index (χ0v) is 16.0. The number of pyridine rings is 1. The number of likely N-dealkylation sites (tertiary alicyclic amines) is 1. The van der Waals surface area contributed by atoms with Crippen LogP contribution in [0.5, 0.6) is 0 Å². The molecule has 1 saturated heterocycles. The number of carbonyl (C=O) groups is 2. The van der Waals surface area contributed by atoms with Crippen molar-refractivity contribution in [2.24, 2.45) is 5.92 Å².